The third-order valence-electron chi connectivity index (χ3n) is 2.28. The van der Waals surface area contributed by atoms with Gasteiger partial charge in [0, 0.05) is 26.1 Å². The van der Waals surface area contributed by atoms with Gasteiger partial charge in [0.05, 0.1) is 4.92 Å². The molecule has 0 atom stereocenters. The van der Waals surface area contributed by atoms with Crippen molar-refractivity contribution >= 4 is 23.4 Å². The van der Waals surface area contributed by atoms with Gasteiger partial charge in [-0.05, 0) is 13.8 Å². The van der Waals surface area contributed by atoms with Crippen LogP contribution < -0.4 is 16.0 Å². The summed E-state index contributed by atoms with van der Waals surface area (Å²) in [7, 11) is 1.61. The zero-order chi connectivity index (χ0) is 15.1. The summed E-state index contributed by atoms with van der Waals surface area (Å²) in [5.41, 5.74) is -0.228. The minimum atomic E-state index is -0.573. The summed E-state index contributed by atoms with van der Waals surface area (Å²) < 4.78 is 0. The third-order valence-corrected chi connectivity index (χ3v) is 2.28. The van der Waals surface area contributed by atoms with E-state index in [1.54, 1.807) is 7.05 Å². The van der Waals surface area contributed by atoms with Crippen molar-refractivity contribution in [2.75, 3.05) is 24.2 Å². The fourth-order valence-electron chi connectivity index (χ4n) is 1.45. The summed E-state index contributed by atoms with van der Waals surface area (Å²) in [6.07, 6.45) is 1.32. The number of amides is 1. The highest BCUT2D eigenvalue weighted by molar-refractivity contribution is 5.76. The average molecular weight is 282 g/mol. The van der Waals surface area contributed by atoms with Crippen LogP contribution in [0, 0.1) is 10.1 Å². The van der Waals surface area contributed by atoms with E-state index in [2.05, 4.69) is 25.9 Å². The van der Waals surface area contributed by atoms with Gasteiger partial charge in [-0.2, -0.15) is 4.98 Å². The van der Waals surface area contributed by atoms with Crippen molar-refractivity contribution in [3.8, 4) is 0 Å². The number of hydrogen-bond donors (Lipinski definition) is 3. The van der Waals surface area contributed by atoms with Gasteiger partial charge in [0.1, 0.15) is 6.20 Å². The van der Waals surface area contributed by atoms with Crippen LogP contribution in [0.5, 0.6) is 0 Å². The predicted octanol–water partition coefficient (Wildman–Crippen LogP) is 0.753. The molecular formula is C11H18N6O3. The Balaban J connectivity index is 2.66. The second-order valence-electron chi connectivity index (χ2n) is 4.33. The lowest BCUT2D eigenvalue weighted by molar-refractivity contribution is -0.384. The Morgan fingerprint density at radius 2 is 2.20 bits per heavy atom. The predicted molar refractivity (Wildman–Crippen MR) is 74.6 cm³/mol. The Labute approximate surface area is 116 Å². The lowest BCUT2D eigenvalue weighted by Crippen LogP contribution is -2.31. The lowest BCUT2D eigenvalue weighted by Gasteiger charge is -2.09. The van der Waals surface area contributed by atoms with Crippen LogP contribution in [0.1, 0.15) is 20.3 Å². The van der Waals surface area contributed by atoms with Crippen LogP contribution in [0.2, 0.25) is 0 Å². The molecule has 0 unspecified atom stereocenters. The highest BCUT2D eigenvalue weighted by Crippen LogP contribution is 2.21. The zero-order valence-corrected chi connectivity index (χ0v) is 11.6. The molecule has 9 heteroatoms. The molecular weight excluding hydrogens is 264 g/mol. The summed E-state index contributed by atoms with van der Waals surface area (Å²) >= 11 is 0. The average Bonchev–Trinajstić information content (AvgIpc) is 2.37. The third kappa shape index (κ3) is 4.67. The molecule has 1 rings (SSSR count). The molecule has 0 saturated carbocycles. The maximum atomic E-state index is 11.5. The number of carbonyl (C=O) groups excluding carboxylic acids is 1. The number of nitrogens with one attached hydrogen (secondary N) is 3. The first-order valence-corrected chi connectivity index (χ1v) is 6.16. The largest absolute Gasteiger partial charge is 0.364 e. The van der Waals surface area contributed by atoms with E-state index < -0.39 is 4.92 Å². The highest BCUT2D eigenvalue weighted by Gasteiger charge is 2.17. The number of anilines is 2. The molecule has 0 aliphatic rings. The van der Waals surface area contributed by atoms with Crippen LogP contribution in [-0.2, 0) is 4.79 Å². The maximum absolute atomic E-state index is 11.5. The molecule has 0 radical (unpaired) electrons. The molecule has 0 aliphatic carbocycles. The topological polar surface area (TPSA) is 122 Å². The number of hydrogen-bond acceptors (Lipinski definition) is 7. The van der Waals surface area contributed by atoms with Crippen molar-refractivity contribution in [3.05, 3.63) is 16.3 Å². The van der Waals surface area contributed by atoms with E-state index >= 15 is 0 Å². The number of nitrogens with zero attached hydrogens (tertiary/aromatic N) is 3. The van der Waals surface area contributed by atoms with Gasteiger partial charge in [0.25, 0.3) is 0 Å². The van der Waals surface area contributed by atoms with Crippen molar-refractivity contribution < 1.29 is 9.72 Å². The molecule has 0 spiro atoms. The van der Waals surface area contributed by atoms with Gasteiger partial charge < -0.3 is 16.0 Å². The Morgan fingerprint density at radius 1 is 1.50 bits per heavy atom. The van der Waals surface area contributed by atoms with E-state index in [1.807, 2.05) is 13.8 Å². The fourth-order valence-corrected chi connectivity index (χ4v) is 1.45. The fraction of sp³-hybridized carbons (Fsp3) is 0.545. The molecule has 110 valence electrons. The van der Waals surface area contributed by atoms with E-state index in [0.29, 0.717) is 0 Å². The Kier molecular flexibility index (Phi) is 5.63. The quantitative estimate of drug-likeness (QED) is 0.498. The molecule has 20 heavy (non-hydrogen) atoms. The lowest BCUT2D eigenvalue weighted by atomic mass is 10.3. The standard InChI is InChI=1S/C11H18N6O3/c1-7(2)15-9(18)4-5-13-10-8(17(19)20)6-14-11(12-3)16-10/h6-7H,4-5H2,1-3H3,(H,15,18)(H2,12,13,14,16). The van der Waals surface area contributed by atoms with E-state index in [-0.39, 0.29) is 42.4 Å². The van der Waals surface area contributed by atoms with Gasteiger partial charge in [-0.15, -0.1) is 0 Å². The van der Waals surface area contributed by atoms with Crippen LogP contribution in [0.15, 0.2) is 6.20 Å². The van der Waals surface area contributed by atoms with E-state index in [9.17, 15) is 14.9 Å². The van der Waals surface area contributed by atoms with Crippen LogP contribution in [0.4, 0.5) is 17.5 Å². The number of rotatable bonds is 7. The van der Waals surface area contributed by atoms with Crippen LogP contribution >= 0.6 is 0 Å². The zero-order valence-electron chi connectivity index (χ0n) is 11.6. The van der Waals surface area contributed by atoms with Crippen LogP contribution in [0.3, 0.4) is 0 Å². The first kappa shape index (κ1) is 15.6. The van der Waals surface area contributed by atoms with Crippen molar-refractivity contribution in [3.63, 3.8) is 0 Å². The van der Waals surface area contributed by atoms with Crippen molar-refractivity contribution in [2.45, 2.75) is 26.3 Å². The molecule has 0 aliphatic heterocycles. The summed E-state index contributed by atoms with van der Waals surface area (Å²) in [5, 5.41) is 19.1. The minimum absolute atomic E-state index is 0.0618. The van der Waals surface area contributed by atoms with E-state index in [0.717, 1.165) is 6.20 Å². The van der Waals surface area contributed by atoms with Gasteiger partial charge in [-0.25, -0.2) is 4.98 Å². The van der Waals surface area contributed by atoms with Gasteiger partial charge in [0.2, 0.25) is 17.7 Å². The second-order valence-corrected chi connectivity index (χ2v) is 4.33. The second kappa shape index (κ2) is 7.22. The van der Waals surface area contributed by atoms with Gasteiger partial charge >= 0.3 is 5.69 Å². The van der Waals surface area contributed by atoms with Crippen molar-refractivity contribution in [1.29, 1.82) is 0 Å². The summed E-state index contributed by atoms with van der Waals surface area (Å²) in [5.74, 6) is 0.231. The van der Waals surface area contributed by atoms with Crippen molar-refractivity contribution in [2.24, 2.45) is 0 Å². The van der Waals surface area contributed by atoms with Gasteiger partial charge in [0.15, 0.2) is 0 Å². The molecule has 0 bridgehead atoms. The summed E-state index contributed by atoms with van der Waals surface area (Å²) in [6, 6.07) is 0.0618. The number of carbonyl (C=O) groups is 1. The van der Waals surface area contributed by atoms with E-state index in [1.165, 1.54) is 0 Å². The monoisotopic (exact) mass is 282 g/mol. The molecule has 0 aromatic carbocycles. The van der Waals surface area contributed by atoms with Crippen LogP contribution in [0.25, 0.3) is 0 Å². The molecule has 0 saturated heterocycles. The molecule has 0 fully saturated rings. The normalized spacial score (nSPS) is 10.2. The molecule has 3 N–H and O–H groups in total. The summed E-state index contributed by atoms with van der Waals surface area (Å²) in [4.78, 5) is 29.5. The molecule has 9 nitrogen and oxygen atoms in total. The Hall–Kier alpha value is -2.45. The van der Waals surface area contributed by atoms with Gasteiger partial charge in [-0.3, -0.25) is 14.9 Å². The maximum Gasteiger partial charge on any atom is 0.329 e. The molecule has 1 heterocycles. The smallest absolute Gasteiger partial charge is 0.329 e. The van der Waals surface area contributed by atoms with Crippen LogP contribution in [-0.4, -0.2) is 40.4 Å². The van der Waals surface area contributed by atoms with Gasteiger partial charge in [-0.1, -0.05) is 0 Å². The molecule has 1 aromatic rings. The molecule has 1 amide bonds. The first-order valence-electron chi connectivity index (χ1n) is 6.16. The highest BCUT2D eigenvalue weighted by atomic mass is 16.6. The summed E-state index contributed by atoms with van der Waals surface area (Å²) in [6.45, 7) is 3.97. The van der Waals surface area contributed by atoms with Crippen molar-refractivity contribution in [1.82, 2.24) is 15.3 Å². The SMILES string of the molecule is CNc1ncc([N+](=O)[O-])c(NCCC(=O)NC(C)C)n1. The number of aromatic nitrogens is 2. The molecule has 1 aromatic heterocycles. The van der Waals surface area contributed by atoms with E-state index in [4.69, 9.17) is 0 Å². The minimum Gasteiger partial charge on any atom is -0.364 e. The Bertz CT molecular complexity index is 491. The number of nitro groups is 1. The first-order chi connectivity index (χ1) is 9.43. The Morgan fingerprint density at radius 3 is 2.75 bits per heavy atom.